The summed E-state index contributed by atoms with van der Waals surface area (Å²) in [5, 5.41) is 8.11. The van der Waals surface area contributed by atoms with Gasteiger partial charge in [-0.3, -0.25) is 5.32 Å². The van der Waals surface area contributed by atoms with Crippen molar-refractivity contribution in [2.45, 2.75) is 65.1 Å². The average molecular weight is 500 g/mol. The molecule has 0 unspecified atom stereocenters. The van der Waals surface area contributed by atoms with Crippen LogP contribution in [0.1, 0.15) is 47.2 Å². The van der Waals surface area contributed by atoms with E-state index >= 15 is 0 Å². The van der Waals surface area contributed by atoms with Crippen LogP contribution < -0.4 is 14.5 Å². The van der Waals surface area contributed by atoms with E-state index in [4.69, 9.17) is 25.9 Å². The smallest absolute Gasteiger partial charge is 0.418 e. The Hall–Kier alpha value is -2.77. The number of anilines is 1. The van der Waals surface area contributed by atoms with Gasteiger partial charge < -0.3 is 9.16 Å². The summed E-state index contributed by atoms with van der Waals surface area (Å²) in [6, 6.07) is 16.3. The van der Waals surface area contributed by atoms with Gasteiger partial charge in [0.2, 0.25) is 0 Å². The van der Waals surface area contributed by atoms with Crippen molar-refractivity contribution in [2.75, 3.05) is 5.32 Å². The predicted octanol–water partition coefficient (Wildman–Crippen LogP) is 7.82. The van der Waals surface area contributed by atoms with E-state index in [2.05, 4.69) is 60.0 Å². The number of benzene rings is 2. The van der Waals surface area contributed by atoms with Crippen molar-refractivity contribution in [1.82, 2.24) is 9.78 Å². The molecule has 0 fully saturated rings. The number of nitrogens with one attached hydrogen (secondary N) is 1. The second-order valence-electron chi connectivity index (χ2n) is 10.9. The minimum Gasteiger partial charge on any atom is -0.543 e. The minimum absolute atomic E-state index is 0.0504. The van der Waals surface area contributed by atoms with Gasteiger partial charge in [-0.15, -0.1) is 0 Å². The first-order chi connectivity index (χ1) is 15.7. The number of halogens is 1. The average Bonchev–Trinajstić information content (AvgIpc) is 3.13. The third-order valence-electron chi connectivity index (χ3n) is 5.99. The Morgan fingerprint density at radius 3 is 2.21 bits per heavy atom. The highest BCUT2D eigenvalue weighted by Gasteiger charge is 2.39. The lowest BCUT2D eigenvalue weighted by Crippen LogP contribution is -2.43. The molecule has 0 saturated carbocycles. The van der Waals surface area contributed by atoms with Gasteiger partial charge in [0, 0.05) is 11.5 Å². The first-order valence-electron chi connectivity index (χ1n) is 11.3. The van der Waals surface area contributed by atoms with Gasteiger partial charge in [-0.1, -0.05) is 71.3 Å². The fraction of sp³-hybridized carbons (Fsp3) is 0.385. The van der Waals surface area contributed by atoms with Crippen LogP contribution in [0.5, 0.6) is 11.5 Å². The van der Waals surface area contributed by atoms with Crippen molar-refractivity contribution in [3.05, 3.63) is 65.3 Å². The summed E-state index contributed by atoms with van der Waals surface area (Å²) >= 11 is 6.64. The second-order valence-corrected chi connectivity index (χ2v) is 16.0. The molecule has 6 nitrogen and oxygen atoms in total. The zero-order valence-electron chi connectivity index (χ0n) is 21.2. The second kappa shape index (κ2) is 9.47. The summed E-state index contributed by atoms with van der Waals surface area (Å²) in [6.07, 6.45) is -0.600. The number of hydrogen-bond donors (Lipinski definition) is 1. The van der Waals surface area contributed by atoms with Gasteiger partial charge in [-0.05, 0) is 48.5 Å². The van der Waals surface area contributed by atoms with E-state index in [0.29, 0.717) is 28.0 Å². The molecule has 0 bridgehead atoms. The van der Waals surface area contributed by atoms with Crippen LogP contribution in [-0.4, -0.2) is 24.2 Å². The van der Waals surface area contributed by atoms with Crippen molar-refractivity contribution in [1.29, 1.82) is 0 Å². The van der Waals surface area contributed by atoms with Gasteiger partial charge in [0.1, 0.15) is 17.3 Å². The molecule has 8 heteroatoms. The Kier molecular flexibility index (Phi) is 7.19. The van der Waals surface area contributed by atoms with E-state index in [1.807, 2.05) is 24.3 Å². The van der Waals surface area contributed by atoms with E-state index in [9.17, 15) is 4.79 Å². The number of aromatic nitrogens is 2. The van der Waals surface area contributed by atoms with Crippen LogP contribution in [0.3, 0.4) is 0 Å². The van der Waals surface area contributed by atoms with E-state index in [1.165, 1.54) is 0 Å². The number of rotatable bonds is 5. The van der Waals surface area contributed by atoms with Crippen molar-refractivity contribution in [3.8, 4) is 17.2 Å². The Morgan fingerprint density at radius 2 is 1.65 bits per heavy atom. The zero-order valence-corrected chi connectivity index (χ0v) is 22.9. The molecule has 0 aliphatic carbocycles. The standard InChI is InChI=1S/C26H34ClN3O3Si/c1-25(2,3)22-17-23(28-24(31)32-19-12-10-9-11-13-19)30(29-22)18-14-15-21(20(27)16-18)33-34(7,8)26(4,5)6/h9-17H,1-8H3,(H,28,31). The first kappa shape index (κ1) is 25.8. The Labute approximate surface area is 208 Å². The molecule has 0 spiro atoms. The van der Waals surface area contributed by atoms with Crippen LogP contribution in [0, 0.1) is 0 Å². The number of carbonyl (C=O) groups is 1. The van der Waals surface area contributed by atoms with E-state index in [0.717, 1.165) is 5.69 Å². The summed E-state index contributed by atoms with van der Waals surface area (Å²) in [5.74, 6) is 1.59. The van der Waals surface area contributed by atoms with Crippen molar-refractivity contribution < 1.29 is 14.0 Å². The number of hydrogen-bond acceptors (Lipinski definition) is 4. The van der Waals surface area contributed by atoms with Crippen molar-refractivity contribution in [3.63, 3.8) is 0 Å². The van der Waals surface area contributed by atoms with Gasteiger partial charge >= 0.3 is 6.09 Å². The molecule has 1 amide bonds. The summed E-state index contributed by atoms with van der Waals surface area (Å²) in [5.41, 5.74) is 1.30. The number of carbonyl (C=O) groups excluding carboxylic acids is 1. The quantitative estimate of drug-likeness (QED) is 0.363. The molecule has 0 saturated heterocycles. The predicted molar refractivity (Wildman–Crippen MR) is 141 cm³/mol. The molecule has 0 aliphatic heterocycles. The molecular formula is C26H34ClN3O3Si. The Bertz CT molecular complexity index is 1160. The molecule has 3 rings (SSSR count). The number of amides is 1. The van der Waals surface area contributed by atoms with Gasteiger partial charge in [0.15, 0.2) is 0 Å². The van der Waals surface area contributed by atoms with Crippen molar-refractivity contribution in [2.24, 2.45) is 0 Å². The van der Waals surface area contributed by atoms with Gasteiger partial charge in [-0.2, -0.15) is 5.10 Å². The largest absolute Gasteiger partial charge is 0.543 e. The molecule has 0 atom stereocenters. The molecule has 1 N–H and O–H groups in total. The highest BCUT2D eigenvalue weighted by Crippen LogP contribution is 2.40. The number of nitrogens with zero attached hydrogens (tertiary/aromatic N) is 2. The number of para-hydroxylation sites is 1. The topological polar surface area (TPSA) is 65.4 Å². The highest BCUT2D eigenvalue weighted by atomic mass is 35.5. The molecule has 1 heterocycles. The summed E-state index contributed by atoms with van der Waals surface area (Å²) in [6.45, 7) is 17.1. The van der Waals surface area contributed by atoms with Crippen LogP contribution >= 0.6 is 11.6 Å². The lowest BCUT2D eigenvalue weighted by atomic mass is 9.92. The van der Waals surface area contributed by atoms with Crippen LogP contribution in [0.2, 0.25) is 23.2 Å². The Balaban J connectivity index is 1.93. The van der Waals surface area contributed by atoms with Crippen LogP contribution in [0.4, 0.5) is 10.6 Å². The molecule has 34 heavy (non-hydrogen) atoms. The SMILES string of the molecule is CC(C)(C)c1cc(NC(=O)Oc2ccccc2)n(-c2ccc(O[Si](C)(C)C(C)(C)C)c(Cl)c2)n1. The molecule has 182 valence electrons. The zero-order chi connectivity index (χ0) is 25.3. The monoisotopic (exact) mass is 499 g/mol. The number of ether oxygens (including phenoxy) is 1. The van der Waals surface area contributed by atoms with E-state index in [-0.39, 0.29) is 10.5 Å². The summed E-state index contributed by atoms with van der Waals surface area (Å²) in [4.78, 5) is 12.6. The van der Waals surface area contributed by atoms with Crippen LogP contribution in [0.15, 0.2) is 54.6 Å². The maximum atomic E-state index is 12.6. The molecule has 0 aliphatic rings. The van der Waals surface area contributed by atoms with Gasteiger partial charge in [-0.25, -0.2) is 9.48 Å². The maximum absolute atomic E-state index is 12.6. The Morgan fingerprint density at radius 1 is 1.00 bits per heavy atom. The van der Waals surface area contributed by atoms with Gasteiger partial charge in [0.25, 0.3) is 8.32 Å². The minimum atomic E-state index is -2.04. The highest BCUT2D eigenvalue weighted by molar-refractivity contribution is 6.74. The fourth-order valence-corrected chi connectivity index (χ4v) is 4.20. The van der Waals surface area contributed by atoms with Crippen LogP contribution in [0.25, 0.3) is 5.69 Å². The lowest BCUT2D eigenvalue weighted by Gasteiger charge is -2.36. The molecular weight excluding hydrogens is 466 g/mol. The first-order valence-corrected chi connectivity index (χ1v) is 14.6. The van der Waals surface area contributed by atoms with Crippen molar-refractivity contribution >= 4 is 31.8 Å². The summed E-state index contributed by atoms with van der Waals surface area (Å²) < 4.78 is 13.5. The normalized spacial score (nSPS) is 12.4. The third-order valence-corrected chi connectivity index (χ3v) is 10.6. The van der Waals surface area contributed by atoms with E-state index < -0.39 is 14.4 Å². The third kappa shape index (κ3) is 6.01. The van der Waals surface area contributed by atoms with Gasteiger partial charge in [0.05, 0.1) is 16.4 Å². The van der Waals surface area contributed by atoms with E-state index in [1.54, 1.807) is 35.0 Å². The maximum Gasteiger partial charge on any atom is 0.418 e. The fourth-order valence-electron chi connectivity index (χ4n) is 2.89. The lowest BCUT2D eigenvalue weighted by molar-refractivity contribution is 0.215. The molecule has 3 aromatic rings. The molecule has 2 aromatic carbocycles. The molecule has 1 aromatic heterocycles. The van der Waals surface area contributed by atoms with Crippen LogP contribution in [-0.2, 0) is 5.41 Å². The summed E-state index contributed by atoms with van der Waals surface area (Å²) in [7, 11) is -2.04. The molecule has 0 radical (unpaired) electrons.